The maximum Gasteiger partial charge on any atom is 0.257 e. The third kappa shape index (κ3) is 2.11. The van der Waals surface area contributed by atoms with E-state index in [-0.39, 0.29) is 18.2 Å². The lowest BCUT2D eigenvalue weighted by molar-refractivity contribution is -0.122. The van der Waals surface area contributed by atoms with E-state index in [1.807, 2.05) is 31.2 Å². The van der Waals surface area contributed by atoms with Crippen molar-refractivity contribution in [2.45, 2.75) is 19.4 Å². The number of anilines is 1. The Morgan fingerprint density at radius 3 is 2.54 bits per heavy atom. The number of amides is 2. The van der Waals surface area contributed by atoms with Crippen LogP contribution in [-0.2, 0) is 9.59 Å². The molecule has 0 spiro atoms. The Labute approximate surface area is 137 Å². The highest BCUT2D eigenvalue weighted by atomic mass is 19.1. The van der Waals surface area contributed by atoms with Crippen molar-refractivity contribution >= 4 is 28.5 Å². The standard InChI is InChI=1S/C18H14FN3O2/c1-11-20-14-4-2-3-5-15(14)21(11)16-10-17(23)22(18(16)24)13-8-6-12(19)7-9-13/h2-9,16H,10H2,1H3/t16-/m1/s1. The fourth-order valence-electron chi connectivity index (χ4n) is 3.24. The summed E-state index contributed by atoms with van der Waals surface area (Å²) in [6, 6.07) is 12.2. The van der Waals surface area contributed by atoms with Gasteiger partial charge < -0.3 is 4.57 Å². The molecule has 0 bridgehead atoms. The minimum Gasteiger partial charge on any atom is -0.315 e. The van der Waals surface area contributed by atoms with Crippen molar-refractivity contribution in [2.75, 3.05) is 4.90 Å². The fourth-order valence-corrected chi connectivity index (χ4v) is 3.24. The average molecular weight is 323 g/mol. The minimum atomic E-state index is -0.630. The molecule has 1 atom stereocenters. The van der Waals surface area contributed by atoms with Gasteiger partial charge in [0.2, 0.25) is 5.91 Å². The van der Waals surface area contributed by atoms with Crippen molar-refractivity contribution in [3.05, 3.63) is 60.2 Å². The molecule has 2 amide bonds. The van der Waals surface area contributed by atoms with Gasteiger partial charge in [-0.2, -0.15) is 0 Å². The number of halogens is 1. The highest BCUT2D eigenvalue weighted by molar-refractivity contribution is 6.21. The van der Waals surface area contributed by atoms with Gasteiger partial charge in [0.05, 0.1) is 23.1 Å². The quantitative estimate of drug-likeness (QED) is 0.681. The molecule has 1 saturated heterocycles. The number of hydrogen-bond donors (Lipinski definition) is 0. The fraction of sp³-hybridized carbons (Fsp3) is 0.167. The topological polar surface area (TPSA) is 55.2 Å². The maximum absolute atomic E-state index is 13.1. The smallest absolute Gasteiger partial charge is 0.257 e. The molecular formula is C18H14FN3O2. The Bertz CT molecular complexity index is 962. The average Bonchev–Trinajstić information content (AvgIpc) is 3.04. The van der Waals surface area contributed by atoms with E-state index in [9.17, 15) is 14.0 Å². The summed E-state index contributed by atoms with van der Waals surface area (Å²) in [6.07, 6.45) is 0.0669. The highest BCUT2D eigenvalue weighted by Gasteiger charge is 2.41. The normalized spacial score (nSPS) is 17.9. The molecule has 0 saturated carbocycles. The van der Waals surface area contributed by atoms with Gasteiger partial charge in [-0.1, -0.05) is 12.1 Å². The number of nitrogens with zero attached hydrogens (tertiary/aromatic N) is 3. The van der Waals surface area contributed by atoms with E-state index in [1.165, 1.54) is 24.3 Å². The molecule has 0 aliphatic carbocycles. The third-order valence-corrected chi connectivity index (χ3v) is 4.29. The van der Waals surface area contributed by atoms with Crippen molar-refractivity contribution < 1.29 is 14.0 Å². The van der Waals surface area contributed by atoms with Crippen LogP contribution in [0.5, 0.6) is 0 Å². The van der Waals surface area contributed by atoms with E-state index in [4.69, 9.17) is 0 Å². The monoisotopic (exact) mass is 323 g/mol. The number of aryl methyl sites for hydroxylation is 1. The Kier molecular flexibility index (Phi) is 3.19. The van der Waals surface area contributed by atoms with Crippen LogP contribution in [-0.4, -0.2) is 21.4 Å². The van der Waals surface area contributed by atoms with Crippen LogP contribution >= 0.6 is 0 Å². The molecule has 3 aromatic rings. The van der Waals surface area contributed by atoms with Crippen LogP contribution in [0.4, 0.5) is 10.1 Å². The van der Waals surface area contributed by atoms with Gasteiger partial charge in [-0.25, -0.2) is 14.3 Å². The Morgan fingerprint density at radius 1 is 1.08 bits per heavy atom. The zero-order chi connectivity index (χ0) is 16.8. The van der Waals surface area contributed by atoms with Crippen molar-refractivity contribution in [1.82, 2.24) is 9.55 Å². The summed E-state index contributed by atoms with van der Waals surface area (Å²) in [5.41, 5.74) is 1.99. The zero-order valence-corrected chi connectivity index (χ0v) is 12.9. The van der Waals surface area contributed by atoms with Crippen LogP contribution in [0.3, 0.4) is 0 Å². The summed E-state index contributed by atoms with van der Waals surface area (Å²) in [5.74, 6) is -0.346. The lowest BCUT2D eigenvalue weighted by Crippen LogP contribution is -2.31. The van der Waals surface area contributed by atoms with Gasteiger partial charge in [-0.3, -0.25) is 9.59 Å². The third-order valence-electron chi connectivity index (χ3n) is 4.29. The SMILES string of the molecule is Cc1nc2ccccc2n1[C@@H]1CC(=O)N(c2ccc(F)cc2)C1=O. The van der Waals surface area contributed by atoms with Crippen LogP contribution in [0.15, 0.2) is 48.5 Å². The molecule has 24 heavy (non-hydrogen) atoms. The van der Waals surface area contributed by atoms with Crippen LogP contribution in [0, 0.1) is 12.7 Å². The van der Waals surface area contributed by atoms with E-state index in [1.54, 1.807) is 4.57 Å². The summed E-state index contributed by atoms with van der Waals surface area (Å²) in [5, 5.41) is 0. The predicted molar refractivity (Wildman–Crippen MR) is 87.0 cm³/mol. The number of benzene rings is 2. The van der Waals surface area contributed by atoms with Crippen molar-refractivity contribution in [1.29, 1.82) is 0 Å². The van der Waals surface area contributed by atoms with E-state index in [0.29, 0.717) is 11.5 Å². The van der Waals surface area contributed by atoms with Crippen molar-refractivity contribution in [3.63, 3.8) is 0 Å². The van der Waals surface area contributed by atoms with Gasteiger partial charge in [0.15, 0.2) is 0 Å². The molecule has 0 radical (unpaired) electrons. The minimum absolute atomic E-state index is 0.0669. The predicted octanol–water partition coefficient (Wildman–Crippen LogP) is 2.99. The van der Waals surface area contributed by atoms with Crippen LogP contribution in [0.25, 0.3) is 11.0 Å². The Balaban J connectivity index is 1.78. The molecule has 0 N–H and O–H groups in total. The lowest BCUT2D eigenvalue weighted by Gasteiger charge is -2.16. The first-order valence-electron chi connectivity index (χ1n) is 7.62. The second-order valence-corrected chi connectivity index (χ2v) is 5.78. The van der Waals surface area contributed by atoms with Gasteiger partial charge in [0.25, 0.3) is 5.91 Å². The summed E-state index contributed by atoms with van der Waals surface area (Å²) < 4.78 is 14.9. The number of imidazole rings is 1. The molecular weight excluding hydrogens is 309 g/mol. The summed E-state index contributed by atoms with van der Waals surface area (Å²) in [6.45, 7) is 1.82. The number of para-hydroxylation sites is 2. The molecule has 1 fully saturated rings. The van der Waals surface area contributed by atoms with Gasteiger partial charge in [-0.15, -0.1) is 0 Å². The Hall–Kier alpha value is -3.02. The van der Waals surface area contributed by atoms with Crippen LogP contribution in [0.2, 0.25) is 0 Å². The van der Waals surface area contributed by atoms with Gasteiger partial charge in [-0.05, 0) is 43.3 Å². The number of aromatic nitrogens is 2. The second kappa shape index (κ2) is 5.26. The number of carbonyl (C=O) groups is 2. The number of carbonyl (C=O) groups excluding carboxylic acids is 2. The first-order chi connectivity index (χ1) is 11.6. The second-order valence-electron chi connectivity index (χ2n) is 5.78. The van der Waals surface area contributed by atoms with E-state index >= 15 is 0 Å². The molecule has 4 rings (SSSR count). The molecule has 1 aliphatic heterocycles. The molecule has 0 unspecified atom stereocenters. The zero-order valence-electron chi connectivity index (χ0n) is 12.9. The van der Waals surface area contributed by atoms with Crippen LogP contribution < -0.4 is 4.90 Å². The number of hydrogen-bond acceptors (Lipinski definition) is 3. The summed E-state index contributed by atoms with van der Waals surface area (Å²) in [7, 11) is 0. The van der Waals surface area contributed by atoms with E-state index in [2.05, 4.69) is 4.98 Å². The number of imide groups is 1. The van der Waals surface area contributed by atoms with E-state index in [0.717, 1.165) is 15.9 Å². The van der Waals surface area contributed by atoms with E-state index < -0.39 is 11.9 Å². The molecule has 6 heteroatoms. The number of rotatable bonds is 2. The summed E-state index contributed by atoms with van der Waals surface area (Å²) in [4.78, 5) is 30.8. The largest absolute Gasteiger partial charge is 0.315 e. The highest BCUT2D eigenvalue weighted by Crippen LogP contribution is 2.32. The van der Waals surface area contributed by atoms with Crippen molar-refractivity contribution in [2.24, 2.45) is 0 Å². The molecule has 2 heterocycles. The van der Waals surface area contributed by atoms with Crippen molar-refractivity contribution in [3.8, 4) is 0 Å². The molecule has 1 aliphatic rings. The van der Waals surface area contributed by atoms with Gasteiger partial charge in [0.1, 0.15) is 17.7 Å². The van der Waals surface area contributed by atoms with Gasteiger partial charge in [0, 0.05) is 0 Å². The first kappa shape index (κ1) is 14.6. The Morgan fingerprint density at radius 2 is 1.79 bits per heavy atom. The first-order valence-corrected chi connectivity index (χ1v) is 7.62. The molecule has 2 aromatic carbocycles. The molecule has 5 nitrogen and oxygen atoms in total. The molecule has 1 aromatic heterocycles. The maximum atomic E-state index is 13.1. The summed E-state index contributed by atoms with van der Waals surface area (Å²) >= 11 is 0. The van der Waals surface area contributed by atoms with Crippen LogP contribution in [0.1, 0.15) is 18.3 Å². The number of fused-ring (bicyclic) bond motifs is 1. The lowest BCUT2D eigenvalue weighted by atomic mass is 10.2. The van der Waals surface area contributed by atoms with Gasteiger partial charge >= 0.3 is 0 Å². The molecule has 120 valence electrons.